The third-order valence-electron chi connectivity index (χ3n) is 2.91. The number of rotatable bonds is 4. The fraction of sp³-hybridized carbons (Fsp3) is 0.133. The number of carbonyl (C=O) groups is 1. The summed E-state index contributed by atoms with van der Waals surface area (Å²) >= 11 is 6.72. The topological polar surface area (TPSA) is 58.4 Å². The number of nitrogen functional groups attached to an aromatic ring is 1. The maximum absolute atomic E-state index is 12.0. The molecule has 0 heterocycles. The molecule has 2 aromatic rings. The van der Waals surface area contributed by atoms with Crippen LogP contribution in [0.25, 0.3) is 0 Å². The quantitative estimate of drug-likeness (QED) is 0.749. The fourth-order valence-electron chi connectivity index (χ4n) is 1.91. The molecule has 0 aliphatic rings. The molecule has 4 nitrogen and oxygen atoms in total. The monoisotopic (exact) mass is 411 g/mol. The van der Waals surface area contributed by atoms with Crippen LogP contribution in [0.15, 0.2) is 51.4 Å². The van der Waals surface area contributed by atoms with Gasteiger partial charge in [-0.1, -0.05) is 31.9 Å². The second kappa shape index (κ2) is 6.95. The van der Waals surface area contributed by atoms with Crippen LogP contribution in [0.1, 0.15) is 0 Å². The van der Waals surface area contributed by atoms with Crippen LogP contribution in [0.2, 0.25) is 0 Å². The number of amides is 1. The summed E-state index contributed by atoms with van der Waals surface area (Å²) < 4.78 is 1.89. The first kappa shape index (κ1) is 15.9. The number of halogens is 2. The third kappa shape index (κ3) is 4.47. The summed E-state index contributed by atoms with van der Waals surface area (Å²) in [7, 11) is 1.83. The number of nitrogens with zero attached hydrogens (tertiary/aromatic N) is 1. The van der Waals surface area contributed by atoms with Crippen LogP contribution in [0.5, 0.6) is 0 Å². The van der Waals surface area contributed by atoms with Gasteiger partial charge < -0.3 is 16.0 Å². The van der Waals surface area contributed by atoms with Crippen molar-refractivity contribution in [1.82, 2.24) is 0 Å². The van der Waals surface area contributed by atoms with Gasteiger partial charge in [-0.2, -0.15) is 0 Å². The molecule has 0 fully saturated rings. The van der Waals surface area contributed by atoms with Gasteiger partial charge in [0.2, 0.25) is 5.91 Å². The lowest BCUT2D eigenvalue weighted by atomic mass is 10.2. The average molecular weight is 413 g/mol. The van der Waals surface area contributed by atoms with Crippen LogP contribution >= 0.6 is 31.9 Å². The Labute approximate surface area is 140 Å². The molecular weight excluding hydrogens is 398 g/mol. The molecule has 0 bridgehead atoms. The molecule has 110 valence electrons. The normalized spacial score (nSPS) is 10.2. The van der Waals surface area contributed by atoms with E-state index in [1.165, 1.54) is 0 Å². The number of nitrogens with two attached hydrogens (primary N) is 1. The molecule has 1 amide bonds. The minimum atomic E-state index is -0.0952. The standard InChI is InChI=1S/C15H15Br2N3O/c1-20(14-7-4-11(17)8-13(14)18)9-15(21)19-12-5-2-10(16)3-6-12/h2-8H,9,18H2,1H3,(H,19,21). The largest absolute Gasteiger partial charge is 0.397 e. The van der Waals surface area contributed by atoms with Gasteiger partial charge in [0.1, 0.15) is 0 Å². The lowest BCUT2D eigenvalue weighted by molar-refractivity contribution is -0.114. The minimum Gasteiger partial charge on any atom is -0.397 e. The Morgan fingerprint density at radius 2 is 1.76 bits per heavy atom. The smallest absolute Gasteiger partial charge is 0.243 e. The number of carbonyl (C=O) groups excluding carboxylic acids is 1. The average Bonchev–Trinajstić information content (AvgIpc) is 2.41. The number of likely N-dealkylation sites (N-methyl/N-ethyl adjacent to an activating group) is 1. The highest BCUT2D eigenvalue weighted by molar-refractivity contribution is 9.10. The molecule has 0 saturated heterocycles. The highest BCUT2D eigenvalue weighted by Gasteiger charge is 2.10. The number of hydrogen-bond donors (Lipinski definition) is 2. The molecule has 0 spiro atoms. The molecular formula is C15H15Br2N3O. The predicted molar refractivity (Wildman–Crippen MR) is 94.6 cm³/mol. The molecule has 0 aromatic heterocycles. The number of anilines is 3. The summed E-state index contributed by atoms with van der Waals surface area (Å²) in [5.74, 6) is -0.0952. The zero-order valence-corrected chi connectivity index (χ0v) is 14.6. The van der Waals surface area contributed by atoms with Gasteiger partial charge in [-0.3, -0.25) is 4.79 Å². The molecule has 0 atom stereocenters. The number of hydrogen-bond acceptors (Lipinski definition) is 3. The Morgan fingerprint density at radius 1 is 1.14 bits per heavy atom. The Bertz CT molecular complexity index is 644. The third-order valence-corrected chi connectivity index (χ3v) is 3.93. The van der Waals surface area contributed by atoms with E-state index in [1.54, 1.807) is 0 Å². The molecule has 2 rings (SSSR count). The van der Waals surface area contributed by atoms with Gasteiger partial charge >= 0.3 is 0 Å². The SMILES string of the molecule is CN(CC(=O)Nc1ccc(Br)cc1)c1ccc(Br)cc1N. The zero-order valence-electron chi connectivity index (χ0n) is 11.4. The molecule has 0 aliphatic heterocycles. The van der Waals surface area contributed by atoms with Crippen molar-refractivity contribution in [3.63, 3.8) is 0 Å². The summed E-state index contributed by atoms with van der Waals surface area (Å²) in [6.07, 6.45) is 0. The van der Waals surface area contributed by atoms with E-state index >= 15 is 0 Å². The second-order valence-electron chi connectivity index (χ2n) is 4.61. The first-order valence-electron chi connectivity index (χ1n) is 6.27. The van der Waals surface area contributed by atoms with Crippen molar-refractivity contribution in [3.8, 4) is 0 Å². The maximum atomic E-state index is 12.0. The van der Waals surface area contributed by atoms with Gasteiger partial charge in [-0.05, 0) is 42.5 Å². The van der Waals surface area contributed by atoms with Crippen LogP contribution in [-0.4, -0.2) is 19.5 Å². The van der Waals surface area contributed by atoms with Crippen molar-refractivity contribution in [1.29, 1.82) is 0 Å². The highest BCUT2D eigenvalue weighted by atomic mass is 79.9. The van der Waals surface area contributed by atoms with Crippen LogP contribution < -0.4 is 16.0 Å². The van der Waals surface area contributed by atoms with Crippen LogP contribution in [0.4, 0.5) is 17.1 Å². The van der Waals surface area contributed by atoms with Crippen LogP contribution in [0, 0.1) is 0 Å². The second-order valence-corrected chi connectivity index (χ2v) is 6.45. The Hall–Kier alpha value is -1.53. The van der Waals surface area contributed by atoms with E-state index in [1.807, 2.05) is 54.4 Å². The lowest BCUT2D eigenvalue weighted by Gasteiger charge is -2.20. The van der Waals surface area contributed by atoms with E-state index in [4.69, 9.17) is 5.73 Å². The van der Waals surface area contributed by atoms with Crippen LogP contribution in [0.3, 0.4) is 0 Å². The Morgan fingerprint density at radius 3 is 2.38 bits per heavy atom. The maximum Gasteiger partial charge on any atom is 0.243 e. The van der Waals surface area contributed by atoms with Gasteiger partial charge in [0.15, 0.2) is 0 Å². The van der Waals surface area contributed by atoms with Gasteiger partial charge in [0.25, 0.3) is 0 Å². The van der Waals surface area contributed by atoms with Gasteiger partial charge in [-0.15, -0.1) is 0 Å². The number of nitrogens with one attached hydrogen (secondary N) is 1. The zero-order chi connectivity index (χ0) is 15.4. The van der Waals surface area contributed by atoms with Gasteiger partial charge in [0.05, 0.1) is 17.9 Å². The molecule has 0 radical (unpaired) electrons. The van der Waals surface area contributed by atoms with Crippen molar-refractivity contribution in [2.45, 2.75) is 0 Å². The molecule has 6 heteroatoms. The van der Waals surface area contributed by atoms with Crippen molar-refractivity contribution in [3.05, 3.63) is 51.4 Å². The first-order chi connectivity index (χ1) is 9.95. The molecule has 3 N–H and O–H groups in total. The van der Waals surface area contributed by atoms with Crippen molar-refractivity contribution < 1.29 is 4.79 Å². The van der Waals surface area contributed by atoms with Crippen molar-refractivity contribution in [2.75, 3.05) is 29.5 Å². The first-order valence-corrected chi connectivity index (χ1v) is 7.86. The highest BCUT2D eigenvalue weighted by Crippen LogP contribution is 2.25. The summed E-state index contributed by atoms with van der Waals surface area (Å²) in [6.45, 7) is 0.224. The number of benzene rings is 2. The summed E-state index contributed by atoms with van der Waals surface area (Å²) in [6, 6.07) is 13.0. The molecule has 21 heavy (non-hydrogen) atoms. The minimum absolute atomic E-state index is 0.0952. The lowest BCUT2D eigenvalue weighted by Crippen LogP contribution is -2.30. The Kier molecular flexibility index (Phi) is 5.25. The van der Waals surface area contributed by atoms with E-state index in [2.05, 4.69) is 37.2 Å². The van der Waals surface area contributed by atoms with E-state index in [0.29, 0.717) is 5.69 Å². The van der Waals surface area contributed by atoms with Crippen molar-refractivity contribution >= 4 is 54.8 Å². The Balaban J connectivity index is 2.00. The molecule has 0 aliphatic carbocycles. The summed E-state index contributed by atoms with van der Waals surface area (Å²) in [5.41, 5.74) is 8.17. The summed E-state index contributed by atoms with van der Waals surface area (Å²) in [4.78, 5) is 13.9. The van der Waals surface area contributed by atoms with E-state index in [-0.39, 0.29) is 12.5 Å². The van der Waals surface area contributed by atoms with Crippen molar-refractivity contribution in [2.24, 2.45) is 0 Å². The summed E-state index contributed by atoms with van der Waals surface area (Å²) in [5, 5.41) is 2.85. The van der Waals surface area contributed by atoms with Gasteiger partial charge in [-0.25, -0.2) is 0 Å². The van der Waals surface area contributed by atoms with Gasteiger partial charge in [0, 0.05) is 21.7 Å². The molecule has 0 saturated carbocycles. The van der Waals surface area contributed by atoms with E-state index < -0.39 is 0 Å². The van der Waals surface area contributed by atoms with E-state index in [9.17, 15) is 4.79 Å². The molecule has 0 unspecified atom stereocenters. The van der Waals surface area contributed by atoms with E-state index in [0.717, 1.165) is 20.3 Å². The van der Waals surface area contributed by atoms with Crippen LogP contribution in [-0.2, 0) is 4.79 Å². The predicted octanol–water partition coefficient (Wildman–Crippen LogP) is 3.87. The molecule has 2 aromatic carbocycles. The fourth-order valence-corrected chi connectivity index (χ4v) is 2.55.